The van der Waals surface area contributed by atoms with Gasteiger partial charge in [-0.3, -0.25) is 14.2 Å². The number of phenolic OH excluding ortho intramolecular Hbond substituents is 1. The van der Waals surface area contributed by atoms with Crippen molar-refractivity contribution in [1.82, 2.24) is 19.5 Å². The Balaban J connectivity index is 1.58. The van der Waals surface area contributed by atoms with Crippen LogP contribution in [0.1, 0.15) is 17.3 Å². The Hall–Kier alpha value is -4.27. The zero-order valence-electron chi connectivity index (χ0n) is 15.9. The van der Waals surface area contributed by atoms with Crippen LogP contribution < -0.4 is 16.6 Å². The first-order valence-corrected chi connectivity index (χ1v) is 9.16. The van der Waals surface area contributed by atoms with Crippen molar-refractivity contribution in [2.75, 3.05) is 5.32 Å². The zero-order valence-corrected chi connectivity index (χ0v) is 15.9. The van der Waals surface area contributed by atoms with Crippen molar-refractivity contribution < 1.29 is 9.90 Å². The average Bonchev–Trinajstić information content (AvgIpc) is 2.74. The first-order chi connectivity index (χ1) is 14.5. The number of nitrogens with zero attached hydrogens (tertiary/aromatic N) is 3. The summed E-state index contributed by atoms with van der Waals surface area (Å²) in [5, 5.41) is 12.6. The normalized spacial score (nSPS) is 10.8. The molecule has 0 aliphatic carbocycles. The van der Waals surface area contributed by atoms with Crippen LogP contribution >= 0.6 is 0 Å². The lowest BCUT2D eigenvalue weighted by atomic mass is 10.1. The number of aromatic amines is 1. The smallest absolute Gasteiger partial charge is 0.328 e. The monoisotopic (exact) mass is 403 g/mol. The second-order valence-corrected chi connectivity index (χ2v) is 6.54. The number of anilines is 1. The molecule has 0 spiro atoms. The molecule has 0 bridgehead atoms. The Morgan fingerprint density at radius 3 is 2.60 bits per heavy atom. The molecule has 0 unspecified atom stereocenters. The minimum atomic E-state index is -0.525. The fourth-order valence-corrected chi connectivity index (χ4v) is 3.07. The second kappa shape index (κ2) is 7.63. The van der Waals surface area contributed by atoms with Gasteiger partial charge in [0.2, 0.25) is 0 Å². The van der Waals surface area contributed by atoms with Crippen LogP contribution in [0.15, 0.2) is 64.4 Å². The fraction of sp³-hybridized carbons (Fsp3) is 0.0952. The Bertz CT molecular complexity index is 1370. The summed E-state index contributed by atoms with van der Waals surface area (Å²) in [6.45, 7) is 1.96. The van der Waals surface area contributed by atoms with E-state index in [4.69, 9.17) is 0 Å². The summed E-state index contributed by atoms with van der Waals surface area (Å²) in [5.41, 5.74) is 0.646. The van der Waals surface area contributed by atoms with E-state index in [0.29, 0.717) is 22.5 Å². The molecule has 1 amide bonds. The van der Waals surface area contributed by atoms with Crippen LogP contribution in [-0.4, -0.2) is 30.5 Å². The van der Waals surface area contributed by atoms with Crippen molar-refractivity contribution in [2.45, 2.75) is 13.5 Å². The number of aromatic nitrogens is 4. The minimum absolute atomic E-state index is 0.105. The molecule has 0 fully saturated rings. The largest absolute Gasteiger partial charge is 0.508 e. The summed E-state index contributed by atoms with van der Waals surface area (Å²) >= 11 is 0. The van der Waals surface area contributed by atoms with Crippen molar-refractivity contribution in [3.05, 3.63) is 81.3 Å². The number of nitrogens with one attached hydrogen (secondary N) is 2. The summed E-state index contributed by atoms with van der Waals surface area (Å²) in [6, 6.07) is 11.0. The van der Waals surface area contributed by atoms with E-state index in [1.807, 2.05) is 0 Å². The topological polar surface area (TPSA) is 130 Å². The maximum atomic E-state index is 12.6. The highest BCUT2D eigenvalue weighted by Gasteiger charge is 2.12. The van der Waals surface area contributed by atoms with E-state index in [0.717, 1.165) is 4.57 Å². The summed E-state index contributed by atoms with van der Waals surface area (Å²) < 4.78 is 1.09. The number of rotatable bonds is 4. The average molecular weight is 403 g/mol. The highest BCUT2D eigenvalue weighted by molar-refractivity contribution is 6.05. The van der Waals surface area contributed by atoms with E-state index in [1.165, 1.54) is 36.7 Å². The molecule has 2 aromatic heterocycles. The number of carbonyl (C=O) groups excluding carboxylic acids is 1. The molecule has 3 N–H and O–H groups in total. The molecule has 0 radical (unpaired) electrons. The molecule has 0 atom stereocenters. The van der Waals surface area contributed by atoms with Gasteiger partial charge in [0.25, 0.3) is 11.5 Å². The first kappa shape index (κ1) is 19.1. The quantitative estimate of drug-likeness (QED) is 0.479. The molecule has 0 aliphatic heterocycles. The lowest BCUT2D eigenvalue weighted by Gasteiger charge is -2.08. The van der Waals surface area contributed by atoms with E-state index in [9.17, 15) is 19.5 Å². The fourth-order valence-electron chi connectivity index (χ4n) is 3.07. The van der Waals surface area contributed by atoms with E-state index in [1.54, 1.807) is 25.1 Å². The molecule has 9 heteroatoms. The number of hydrogen-bond donors (Lipinski definition) is 3. The van der Waals surface area contributed by atoms with Crippen LogP contribution in [0.4, 0.5) is 5.69 Å². The first-order valence-electron chi connectivity index (χ1n) is 9.16. The highest BCUT2D eigenvalue weighted by Crippen LogP contribution is 2.20. The zero-order chi connectivity index (χ0) is 21.3. The third-order valence-electron chi connectivity index (χ3n) is 4.57. The van der Waals surface area contributed by atoms with Crippen molar-refractivity contribution in [1.29, 1.82) is 0 Å². The van der Waals surface area contributed by atoms with Gasteiger partial charge in [-0.15, -0.1) is 0 Å². The van der Waals surface area contributed by atoms with Gasteiger partial charge in [-0.2, -0.15) is 0 Å². The van der Waals surface area contributed by atoms with Gasteiger partial charge in [-0.05, 0) is 37.3 Å². The third kappa shape index (κ3) is 3.55. The molecule has 9 nitrogen and oxygen atoms in total. The van der Waals surface area contributed by atoms with Crippen LogP contribution in [0.5, 0.6) is 5.75 Å². The summed E-state index contributed by atoms with van der Waals surface area (Å²) in [6.07, 6.45) is 2.90. The molecule has 0 saturated heterocycles. The molecular weight excluding hydrogens is 386 g/mol. The predicted octanol–water partition coefficient (Wildman–Crippen LogP) is 2.12. The molecule has 2 heterocycles. The summed E-state index contributed by atoms with van der Waals surface area (Å²) in [4.78, 5) is 47.9. The maximum absolute atomic E-state index is 12.6. The SMILES string of the molecule is CCn1c(=O)[nH]c2cc(C(=O)Nc3cnc(-c4cccc(O)c4)nc3)ccc2c1=O. The Morgan fingerprint density at radius 2 is 1.90 bits per heavy atom. The van der Waals surface area contributed by atoms with Gasteiger partial charge < -0.3 is 15.4 Å². The summed E-state index contributed by atoms with van der Waals surface area (Å²) in [5.74, 6) is 0.0685. The van der Waals surface area contributed by atoms with Gasteiger partial charge in [0.05, 0.1) is 29.0 Å². The number of carbonyl (C=O) groups is 1. The standard InChI is InChI=1S/C21H17N5O4/c1-2-26-20(29)16-7-6-13(9-17(16)25-21(26)30)19(28)24-14-10-22-18(23-11-14)12-4-3-5-15(27)8-12/h3-11,27H,2H2,1H3,(H,24,28)(H,25,30). The molecule has 2 aromatic carbocycles. The molecule has 0 aliphatic rings. The van der Waals surface area contributed by atoms with Gasteiger partial charge in [-0.25, -0.2) is 14.8 Å². The number of benzene rings is 2. The van der Waals surface area contributed by atoms with Crippen LogP contribution in [0.25, 0.3) is 22.3 Å². The maximum Gasteiger partial charge on any atom is 0.328 e. The lowest BCUT2D eigenvalue weighted by Crippen LogP contribution is -2.34. The Kier molecular flexibility index (Phi) is 4.85. The molecule has 4 aromatic rings. The van der Waals surface area contributed by atoms with Crippen LogP contribution in [0, 0.1) is 0 Å². The molecule has 0 saturated carbocycles. The number of amides is 1. The minimum Gasteiger partial charge on any atom is -0.508 e. The molecular formula is C21H17N5O4. The third-order valence-corrected chi connectivity index (χ3v) is 4.57. The Labute approximate surface area is 169 Å². The van der Waals surface area contributed by atoms with E-state index in [2.05, 4.69) is 20.3 Å². The van der Waals surface area contributed by atoms with Gasteiger partial charge in [-0.1, -0.05) is 12.1 Å². The second-order valence-electron chi connectivity index (χ2n) is 6.54. The molecule has 4 rings (SSSR count). The van der Waals surface area contributed by atoms with Crippen molar-refractivity contribution in [3.8, 4) is 17.1 Å². The number of aromatic hydroxyl groups is 1. The number of phenols is 1. The van der Waals surface area contributed by atoms with Gasteiger partial charge in [0, 0.05) is 17.7 Å². The van der Waals surface area contributed by atoms with Crippen molar-refractivity contribution in [2.24, 2.45) is 0 Å². The highest BCUT2D eigenvalue weighted by atomic mass is 16.3. The van der Waals surface area contributed by atoms with Crippen LogP contribution in [-0.2, 0) is 6.54 Å². The summed E-state index contributed by atoms with van der Waals surface area (Å²) in [7, 11) is 0. The van der Waals surface area contributed by atoms with Crippen LogP contribution in [0.2, 0.25) is 0 Å². The number of hydrogen-bond acceptors (Lipinski definition) is 6. The Morgan fingerprint density at radius 1 is 1.13 bits per heavy atom. The number of fused-ring (bicyclic) bond motifs is 1. The predicted molar refractivity (Wildman–Crippen MR) is 112 cm³/mol. The van der Waals surface area contributed by atoms with Crippen molar-refractivity contribution in [3.63, 3.8) is 0 Å². The van der Waals surface area contributed by atoms with Gasteiger partial charge >= 0.3 is 5.69 Å². The number of H-pyrrole nitrogens is 1. The van der Waals surface area contributed by atoms with Gasteiger partial charge in [0.15, 0.2) is 5.82 Å². The van der Waals surface area contributed by atoms with E-state index in [-0.39, 0.29) is 23.4 Å². The molecule has 150 valence electrons. The van der Waals surface area contributed by atoms with Crippen LogP contribution in [0.3, 0.4) is 0 Å². The van der Waals surface area contributed by atoms with Gasteiger partial charge in [0.1, 0.15) is 5.75 Å². The molecule has 30 heavy (non-hydrogen) atoms. The van der Waals surface area contributed by atoms with E-state index < -0.39 is 17.2 Å². The lowest BCUT2D eigenvalue weighted by molar-refractivity contribution is 0.102. The van der Waals surface area contributed by atoms with E-state index >= 15 is 0 Å². The van der Waals surface area contributed by atoms with Crippen molar-refractivity contribution >= 4 is 22.5 Å².